The van der Waals surface area contributed by atoms with Gasteiger partial charge in [-0.15, -0.1) is 0 Å². The maximum Gasteiger partial charge on any atom is 0.230 e. The van der Waals surface area contributed by atoms with Crippen LogP contribution < -0.4 is 9.08 Å². The number of carbonyl (C=O) groups excluding carboxylic acids is 1. The Labute approximate surface area is 281 Å². The van der Waals surface area contributed by atoms with Gasteiger partial charge in [-0.1, -0.05) is 54.6 Å². The molecule has 3 aliphatic rings. The average Bonchev–Trinajstić information content (AvgIpc) is 3.11. The Kier molecular flexibility index (Phi) is 11.0. The maximum absolute atomic E-state index is 12.3. The molecule has 0 bridgehead atoms. The van der Waals surface area contributed by atoms with Crippen molar-refractivity contribution in [1.82, 2.24) is 0 Å². The molecule has 7 N–H and O–H groups in total. The third-order valence-corrected chi connectivity index (χ3v) is 9.73. The van der Waals surface area contributed by atoms with Gasteiger partial charge in [0.1, 0.15) is 54.6 Å². The Hall–Kier alpha value is -3.12. The molecule has 0 radical (unpaired) electrons. The van der Waals surface area contributed by atoms with E-state index in [1.807, 2.05) is 71.6 Å². The van der Waals surface area contributed by atoms with Crippen molar-refractivity contribution in [3.8, 4) is 16.9 Å². The molecule has 3 aromatic rings. The van der Waals surface area contributed by atoms with E-state index >= 15 is 0 Å². The molecule has 6 rings (SSSR count). The fraction of sp³-hybridized carbons (Fsp3) is 0.441. The smallest absolute Gasteiger partial charge is 0.230 e. The number of nitrogens with zero attached hydrogens (tertiary/aromatic N) is 1. The predicted molar refractivity (Wildman–Crippen MR) is 173 cm³/mol. The molecule has 1 amide bonds. The molecule has 13 nitrogen and oxygen atoms in total. The van der Waals surface area contributed by atoms with Crippen molar-refractivity contribution in [2.45, 2.75) is 73.7 Å². The van der Waals surface area contributed by atoms with E-state index in [2.05, 4.69) is 0 Å². The molecule has 48 heavy (non-hydrogen) atoms. The number of carbonyl (C=O) groups is 1. The summed E-state index contributed by atoms with van der Waals surface area (Å²) in [4.78, 5) is 14.1. The Morgan fingerprint density at radius 1 is 0.708 bits per heavy atom. The van der Waals surface area contributed by atoms with Gasteiger partial charge >= 0.3 is 0 Å². The number of hydrogen-bond acceptors (Lipinski definition) is 13. The monoisotopic (exact) mass is 685 g/mol. The number of hydrogen-bond donors (Lipinski definition) is 7. The molecule has 0 spiro atoms. The summed E-state index contributed by atoms with van der Waals surface area (Å²) in [6.45, 7) is -1.28. The van der Waals surface area contributed by atoms with Crippen LogP contribution >= 0.6 is 12.0 Å². The molecule has 11 unspecified atom stereocenters. The highest BCUT2D eigenvalue weighted by Crippen LogP contribution is 2.39. The van der Waals surface area contributed by atoms with Crippen molar-refractivity contribution < 1.29 is 58.9 Å². The van der Waals surface area contributed by atoms with Crippen molar-refractivity contribution in [2.24, 2.45) is 0 Å². The van der Waals surface area contributed by atoms with Crippen LogP contribution in [-0.4, -0.2) is 122 Å². The maximum atomic E-state index is 12.3. The minimum atomic E-state index is -1.73. The molecular weight excluding hydrogens is 646 g/mol. The first-order valence-corrected chi connectivity index (χ1v) is 16.6. The molecule has 258 valence electrons. The summed E-state index contributed by atoms with van der Waals surface area (Å²) in [6, 6.07) is 25.1. The summed E-state index contributed by atoms with van der Waals surface area (Å²) in [5.74, 6) is 0.719. The zero-order valence-electron chi connectivity index (χ0n) is 25.7. The van der Waals surface area contributed by atoms with E-state index in [1.165, 1.54) is 0 Å². The predicted octanol–water partition coefficient (Wildman–Crippen LogP) is 0.525. The Bertz CT molecular complexity index is 1490. The molecule has 14 heteroatoms. The van der Waals surface area contributed by atoms with Gasteiger partial charge in [-0.3, -0.25) is 4.79 Å². The minimum absolute atomic E-state index is 0.00282. The van der Waals surface area contributed by atoms with Gasteiger partial charge in [-0.05, 0) is 41.0 Å². The van der Waals surface area contributed by atoms with E-state index < -0.39 is 74.4 Å². The first-order chi connectivity index (χ1) is 23.2. The van der Waals surface area contributed by atoms with Crippen LogP contribution in [0.4, 0.5) is 5.69 Å². The molecule has 11 atom stereocenters. The number of para-hydroxylation sites is 1. The van der Waals surface area contributed by atoms with Crippen molar-refractivity contribution in [2.75, 3.05) is 23.9 Å². The highest BCUT2D eigenvalue weighted by atomic mass is 32.2. The zero-order valence-corrected chi connectivity index (χ0v) is 26.5. The highest BCUT2D eigenvalue weighted by molar-refractivity contribution is 7.95. The van der Waals surface area contributed by atoms with Gasteiger partial charge in [0.2, 0.25) is 5.91 Å². The van der Waals surface area contributed by atoms with E-state index in [-0.39, 0.29) is 17.7 Å². The van der Waals surface area contributed by atoms with Crippen LogP contribution in [0.15, 0.2) is 78.9 Å². The van der Waals surface area contributed by atoms with E-state index in [4.69, 9.17) is 18.4 Å². The number of aliphatic hydroxyl groups is 7. The Morgan fingerprint density at radius 3 is 1.96 bits per heavy atom. The van der Waals surface area contributed by atoms with Gasteiger partial charge in [-0.2, -0.15) is 0 Å². The van der Waals surface area contributed by atoms with Gasteiger partial charge in [-0.25, -0.2) is 0 Å². The first-order valence-electron chi connectivity index (χ1n) is 15.7. The van der Waals surface area contributed by atoms with Gasteiger partial charge in [0.05, 0.1) is 49.6 Å². The molecule has 3 aliphatic heterocycles. The van der Waals surface area contributed by atoms with E-state index in [9.17, 15) is 40.5 Å². The summed E-state index contributed by atoms with van der Waals surface area (Å²) >= 11 is 0.982. The summed E-state index contributed by atoms with van der Waals surface area (Å²) in [5, 5.41) is 71.3. The van der Waals surface area contributed by atoms with Crippen molar-refractivity contribution in [3.63, 3.8) is 0 Å². The summed E-state index contributed by atoms with van der Waals surface area (Å²) < 4.78 is 22.5. The number of ether oxygens (including phenoxy) is 3. The summed E-state index contributed by atoms with van der Waals surface area (Å²) in [5.41, 5.74) is 3.91. The molecule has 3 saturated heterocycles. The Balaban J connectivity index is 1.01. The molecule has 0 aliphatic carbocycles. The zero-order chi connectivity index (χ0) is 33.9. The second-order valence-corrected chi connectivity index (χ2v) is 12.7. The molecular formula is C34H39NO12S. The number of amides is 1. The lowest BCUT2D eigenvalue weighted by atomic mass is 9.91. The largest absolute Gasteiger partial charge is 0.426 e. The lowest BCUT2D eigenvalue weighted by Gasteiger charge is -2.46. The van der Waals surface area contributed by atoms with Crippen LogP contribution in [0, 0.1) is 0 Å². The average molecular weight is 686 g/mol. The normalized spacial score (nSPS) is 33.7. The number of β-lactam (4-membered cyclic amide) rings is 1. The van der Waals surface area contributed by atoms with Crippen molar-refractivity contribution in [3.05, 3.63) is 84.4 Å². The van der Waals surface area contributed by atoms with Crippen LogP contribution in [0.25, 0.3) is 11.1 Å². The van der Waals surface area contributed by atoms with Crippen molar-refractivity contribution >= 4 is 23.6 Å². The van der Waals surface area contributed by atoms with Crippen LogP contribution in [0.5, 0.6) is 5.75 Å². The fourth-order valence-electron chi connectivity index (χ4n) is 6.17. The SMILES string of the molecule is O=C1CC(c2ccc(-c3ccc(OSCC4OC(CO)C(OC5OC(CO)C(O)C(O)C5O)C(O)C4O)cc3)cc2)N1c1ccccc1. The van der Waals surface area contributed by atoms with Gasteiger partial charge in [0.25, 0.3) is 0 Å². The lowest BCUT2D eigenvalue weighted by molar-refractivity contribution is -0.341. The van der Waals surface area contributed by atoms with Crippen LogP contribution in [-0.2, 0) is 19.0 Å². The minimum Gasteiger partial charge on any atom is -0.426 e. The lowest BCUT2D eigenvalue weighted by Crippen LogP contribution is -2.64. The number of aliphatic hydroxyl groups excluding tert-OH is 7. The topological polar surface area (TPSA) is 199 Å². The third-order valence-electron chi connectivity index (χ3n) is 8.96. The molecule has 3 heterocycles. The van der Waals surface area contributed by atoms with Crippen molar-refractivity contribution in [1.29, 1.82) is 0 Å². The standard InChI is InChI=1S/C34H39NO12S/c36-15-24-28(39)30(41)32(43)34(45-24)46-33-25(16-37)44-26(29(40)31(33)42)17-48-47-22-12-10-19(11-13-22)18-6-8-20(9-7-18)23-14-27(38)35(23)21-4-2-1-3-5-21/h1-13,23-26,28-34,36-37,39-43H,14-17H2. The summed E-state index contributed by atoms with van der Waals surface area (Å²) in [6.07, 6.45) is -13.9. The highest BCUT2D eigenvalue weighted by Gasteiger charge is 2.50. The van der Waals surface area contributed by atoms with Crippen LogP contribution in [0.2, 0.25) is 0 Å². The molecule has 0 aromatic heterocycles. The quantitative estimate of drug-likeness (QED) is 0.109. The van der Waals surface area contributed by atoms with Crippen LogP contribution in [0.1, 0.15) is 18.0 Å². The third kappa shape index (κ3) is 7.11. The number of benzene rings is 3. The molecule has 3 fully saturated rings. The number of rotatable bonds is 11. The van der Waals surface area contributed by atoms with E-state index in [1.54, 1.807) is 12.1 Å². The van der Waals surface area contributed by atoms with E-state index in [0.717, 1.165) is 34.4 Å². The Morgan fingerprint density at radius 2 is 1.33 bits per heavy atom. The second-order valence-electron chi connectivity index (χ2n) is 12.0. The van der Waals surface area contributed by atoms with Gasteiger partial charge in [0, 0.05) is 5.69 Å². The van der Waals surface area contributed by atoms with E-state index in [0.29, 0.717) is 12.2 Å². The first kappa shape index (κ1) is 34.7. The molecule has 3 aromatic carbocycles. The molecule has 0 saturated carbocycles. The summed E-state index contributed by atoms with van der Waals surface area (Å²) in [7, 11) is 0. The fourth-order valence-corrected chi connectivity index (χ4v) is 6.89. The van der Waals surface area contributed by atoms with Gasteiger partial charge in [0.15, 0.2) is 6.29 Å². The number of anilines is 1. The van der Waals surface area contributed by atoms with Crippen LogP contribution in [0.3, 0.4) is 0 Å². The second kappa shape index (κ2) is 15.2. The van der Waals surface area contributed by atoms with Gasteiger partial charge < -0.3 is 59.0 Å².